The van der Waals surface area contributed by atoms with Crippen molar-refractivity contribution in [3.8, 4) is 11.5 Å². The van der Waals surface area contributed by atoms with E-state index in [9.17, 15) is 0 Å². The van der Waals surface area contributed by atoms with Crippen LogP contribution >= 0.6 is 11.3 Å². The Morgan fingerprint density at radius 1 is 0.458 bits per heavy atom. The van der Waals surface area contributed by atoms with Crippen LogP contribution in [0.3, 0.4) is 0 Å². The molecule has 2 aromatic heterocycles. The number of rotatable bonds is 7. The number of aromatic nitrogens is 1. The quantitative estimate of drug-likeness (QED) is 0.174. The van der Waals surface area contributed by atoms with Crippen LogP contribution in [-0.4, -0.2) is 4.98 Å². The van der Waals surface area contributed by atoms with Crippen molar-refractivity contribution < 1.29 is 4.42 Å². The third-order valence-corrected chi connectivity index (χ3v) is 9.85. The zero-order chi connectivity index (χ0) is 31.9. The van der Waals surface area contributed by atoms with E-state index in [4.69, 9.17) is 9.40 Å². The summed E-state index contributed by atoms with van der Waals surface area (Å²) in [6, 6.07) is 61.3. The Bertz CT molecular complexity index is 2470. The molecular weight excluding hydrogens is 607 g/mol. The maximum atomic E-state index is 6.70. The van der Waals surface area contributed by atoms with Crippen LogP contribution in [0.5, 0.6) is 0 Å². The van der Waals surface area contributed by atoms with Crippen molar-refractivity contribution in [2.24, 2.45) is 0 Å². The summed E-state index contributed by atoms with van der Waals surface area (Å²) in [7, 11) is 0. The standard InChI is InChI=1S/C43H29N3OS/c1-5-16-30(17-6-1)43-44-37-28-34(29-39(41(37)47-43)45(31-18-7-2-8-19-31)32-20-9-3-10-21-32)46(33-22-11-4-12-23-33)38-26-15-25-36-35-24-13-14-27-40(35)48-42(36)38/h1-29H. The SMILES string of the molecule is c1ccc(-c2nc3cc(N(c4ccccc4)c4cccc5c4sc4ccccc45)cc(N(c4ccccc4)c4ccccc4)c3o2)cc1. The Balaban J connectivity index is 1.35. The van der Waals surface area contributed by atoms with Crippen LogP contribution < -0.4 is 9.80 Å². The van der Waals surface area contributed by atoms with Crippen molar-refractivity contribution in [2.45, 2.75) is 0 Å². The van der Waals surface area contributed by atoms with Crippen LogP contribution in [0.25, 0.3) is 42.7 Å². The molecule has 7 aromatic carbocycles. The van der Waals surface area contributed by atoms with Crippen molar-refractivity contribution in [3.05, 3.63) is 176 Å². The Kier molecular flexibility index (Phi) is 6.95. The van der Waals surface area contributed by atoms with E-state index in [1.165, 1.54) is 20.2 Å². The molecule has 4 nitrogen and oxygen atoms in total. The number of benzene rings is 7. The molecular formula is C43H29N3OS. The fourth-order valence-corrected chi connectivity index (χ4v) is 7.70. The van der Waals surface area contributed by atoms with Gasteiger partial charge in [0.05, 0.1) is 21.8 Å². The van der Waals surface area contributed by atoms with Crippen LogP contribution in [0.4, 0.5) is 34.1 Å². The van der Waals surface area contributed by atoms with Gasteiger partial charge in [0.25, 0.3) is 0 Å². The highest BCUT2D eigenvalue weighted by Gasteiger charge is 2.25. The lowest BCUT2D eigenvalue weighted by molar-refractivity contribution is 0.620. The van der Waals surface area contributed by atoms with Gasteiger partial charge >= 0.3 is 0 Å². The topological polar surface area (TPSA) is 32.5 Å². The molecule has 2 heterocycles. The predicted octanol–water partition coefficient (Wildman–Crippen LogP) is 12.8. The predicted molar refractivity (Wildman–Crippen MR) is 202 cm³/mol. The van der Waals surface area contributed by atoms with Gasteiger partial charge in [-0.05, 0) is 72.8 Å². The Morgan fingerprint density at radius 3 is 1.65 bits per heavy atom. The second kappa shape index (κ2) is 11.9. The molecule has 9 aromatic rings. The van der Waals surface area contributed by atoms with Crippen molar-refractivity contribution in [2.75, 3.05) is 9.80 Å². The van der Waals surface area contributed by atoms with E-state index >= 15 is 0 Å². The number of nitrogens with zero attached hydrogens (tertiary/aromatic N) is 3. The van der Waals surface area contributed by atoms with Gasteiger partial charge in [-0.3, -0.25) is 0 Å². The van der Waals surface area contributed by atoms with E-state index < -0.39 is 0 Å². The first-order chi connectivity index (χ1) is 23.8. The van der Waals surface area contributed by atoms with E-state index in [1.807, 2.05) is 53.8 Å². The van der Waals surface area contributed by atoms with Gasteiger partial charge in [0, 0.05) is 38.1 Å². The van der Waals surface area contributed by atoms with E-state index in [2.05, 4.69) is 143 Å². The molecule has 0 saturated carbocycles. The highest BCUT2D eigenvalue weighted by molar-refractivity contribution is 7.26. The molecule has 0 radical (unpaired) electrons. The molecule has 0 aliphatic heterocycles. The van der Waals surface area contributed by atoms with Crippen LogP contribution in [0.1, 0.15) is 0 Å². The third-order valence-electron chi connectivity index (χ3n) is 8.64. The molecule has 0 atom stereocenters. The second-order valence-electron chi connectivity index (χ2n) is 11.6. The van der Waals surface area contributed by atoms with Crippen LogP contribution in [0, 0.1) is 0 Å². The summed E-state index contributed by atoms with van der Waals surface area (Å²) in [6.45, 7) is 0. The maximum Gasteiger partial charge on any atom is 0.227 e. The molecule has 9 rings (SSSR count). The number of hydrogen-bond donors (Lipinski definition) is 0. The van der Waals surface area contributed by atoms with Crippen LogP contribution in [0.2, 0.25) is 0 Å². The molecule has 0 bridgehead atoms. The molecule has 0 saturated heterocycles. The first-order valence-electron chi connectivity index (χ1n) is 16.0. The molecule has 48 heavy (non-hydrogen) atoms. The highest BCUT2D eigenvalue weighted by atomic mass is 32.1. The van der Waals surface area contributed by atoms with Gasteiger partial charge in [-0.2, -0.15) is 0 Å². The Hall–Kier alpha value is -6.17. The van der Waals surface area contributed by atoms with E-state index in [-0.39, 0.29) is 0 Å². The molecule has 0 aliphatic rings. The molecule has 0 fully saturated rings. The summed E-state index contributed by atoms with van der Waals surface area (Å²) in [5, 5.41) is 2.52. The monoisotopic (exact) mass is 635 g/mol. The molecule has 228 valence electrons. The van der Waals surface area contributed by atoms with Crippen LogP contribution in [0.15, 0.2) is 180 Å². The van der Waals surface area contributed by atoms with Gasteiger partial charge in [-0.15, -0.1) is 11.3 Å². The van der Waals surface area contributed by atoms with Gasteiger partial charge in [0.15, 0.2) is 5.58 Å². The molecule has 0 spiro atoms. The molecule has 0 amide bonds. The fourth-order valence-electron chi connectivity index (χ4n) is 6.49. The number of anilines is 6. The third kappa shape index (κ3) is 4.89. The van der Waals surface area contributed by atoms with Crippen LogP contribution in [-0.2, 0) is 0 Å². The first kappa shape index (κ1) is 28.1. The normalized spacial score (nSPS) is 11.3. The number of fused-ring (bicyclic) bond motifs is 4. The minimum atomic E-state index is 0.586. The minimum Gasteiger partial charge on any atom is -0.434 e. The molecule has 0 unspecified atom stereocenters. The summed E-state index contributed by atoms with van der Waals surface area (Å²) < 4.78 is 9.20. The lowest BCUT2D eigenvalue weighted by Gasteiger charge is -2.29. The average Bonchev–Trinajstić information content (AvgIpc) is 3.76. The van der Waals surface area contributed by atoms with Gasteiger partial charge in [-0.25, -0.2) is 4.98 Å². The summed E-state index contributed by atoms with van der Waals surface area (Å²) in [4.78, 5) is 9.74. The molecule has 0 aliphatic carbocycles. The second-order valence-corrected chi connectivity index (χ2v) is 12.7. The summed E-state index contributed by atoms with van der Waals surface area (Å²) >= 11 is 1.83. The Morgan fingerprint density at radius 2 is 1.00 bits per heavy atom. The van der Waals surface area contributed by atoms with Gasteiger partial charge in [-0.1, -0.05) is 103 Å². The summed E-state index contributed by atoms with van der Waals surface area (Å²) in [6.07, 6.45) is 0. The van der Waals surface area contributed by atoms with Gasteiger partial charge in [0.2, 0.25) is 5.89 Å². The number of para-hydroxylation sites is 3. The summed E-state index contributed by atoms with van der Waals surface area (Å²) in [5.41, 5.74) is 8.55. The maximum absolute atomic E-state index is 6.70. The van der Waals surface area contributed by atoms with E-state index in [1.54, 1.807) is 0 Å². The van der Waals surface area contributed by atoms with Crippen molar-refractivity contribution in [3.63, 3.8) is 0 Å². The molecule has 5 heteroatoms. The minimum absolute atomic E-state index is 0.586. The fraction of sp³-hybridized carbons (Fsp3) is 0. The smallest absolute Gasteiger partial charge is 0.227 e. The highest BCUT2D eigenvalue weighted by Crippen LogP contribution is 2.48. The number of thiophene rings is 1. The lowest BCUT2D eigenvalue weighted by atomic mass is 10.1. The Labute approximate surface area is 282 Å². The van der Waals surface area contributed by atoms with Gasteiger partial charge < -0.3 is 14.2 Å². The first-order valence-corrected chi connectivity index (χ1v) is 16.8. The van der Waals surface area contributed by atoms with E-state index in [0.29, 0.717) is 5.89 Å². The van der Waals surface area contributed by atoms with Gasteiger partial charge in [0.1, 0.15) is 5.52 Å². The number of hydrogen-bond acceptors (Lipinski definition) is 5. The van der Waals surface area contributed by atoms with Crippen molar-refractivity contribution in [1.82, 2.24) is 4.98 Å². The number of oxazole rings is 1. The van der Waals surface area contributed by atoms with Crippen molar-refractivity contribution in [1.29, 1.82) is 0 Å². The zero-order valence-corrected chi connectivity index (χ0v) is 26.7. The van der Waals surface area contributed by atoms with E-state index in [0.717, 1.165) is 50.8 Å². The lowest BCUT2D eigenvalue weighted by Crippen LogP contribution is -2.13. The molecule has 0 N–H and O–H groups in total. The zero-order valence-electron chi connectivity index (χ0n) is 25.9. The average molecular weight is 636 g/mol. The summed E-state index contributed by atoms with van der Waals surface area (Å²) in [5.74, 6) is 0.586. The largest absolute Gasteiger partial charge is 0.434 e. The van der Waals surface area contributed by atoms with Crippen molar-refractivity contribution >= 4 is 76.7 Å².